The number of aryl methyl sites for hydroxylation is 1. The molecule has 0 aromatic heterocycles. The number of anilines is 1. The third-order valence-electron chi connectivity index (χ3n) is 5.80. The molecule has 0 bridgehead atoms. The molecule has 1 aromatic carbocycles. The molecule has 9 heteroatoms. The number of nitrogens with zero attached hydrogens (tertiary/aromatic N) is 3. The van der Waals surface area contributed by atoms with Crippen molar-refractivity contribution in [2.45, 2.75) is 45.7 Å². The second-order valence-electron chi connectivity index (χ2n) is 8.02. The van der Waals surface area contributed by atoms with Crippen molar-refractivity contribution in [3.05, 3.63) is 29.1 Å². The summed E-state index contributed by atoms with van der Waals surface area (Å²) in [5, 5.41) is 2.12. The SMILES string of the molecule is Cc1cc(N2CCN(C(C)C)CC2)c(F)cc1C(=O)N(C=O)C1CCC(=O)NC1=O. The van der Waals surface area contributed by atoms with Crippen molar-refractivity contribution in [2.75, 3.05) is 31.1 Å². The lowest BCUT2D eigenvalue weighted by atomic mass is 10.0. The minimum Gasteiger partial charge on any atom is -0.367 e. The van der Waals surface area contributed by atoms with E-state index >= 15 is 0 Å². The van der Waals surface area contributed by atoms with Gasteiger partial charge in [0.1, 0.15) is 11.9 Å². The van der Waals surface area contributed by atoms with Gasteiger partial charge in [0.15, 0.2) is 0 Å². The van der Waals surface area contributed by atoms with Gasteiger partial charge in [0.05, 0.1) is 5.69 Å². The Kier molecular flexibility index (Phi) is 6.50. The summed E-state index contributed by atoms with van der Waals surface area (Å²) >= 11 is 0. The van der Waals surface area contributed by atoms with Gasteiger partial charge < -0.3 is 4.90 Å². The normalized spacial score (nSPS) is 20.3. The number of benzene rings is 1. The molecule has 1 N–H and O–H groups in total. The summed E-state index contributed by atoms with van der Waals surface area (Å²) in [7, 11) is 0. The molecular formula is C21H27FN4O4. The summed E-state index contributed by atoms with van der Waals surface area (Å²) in [6.07, 6.45) is 0.344. The van der Waals surface area contributed by atoms with Crippen LogP contribution >= 0.6 is 0 Å². The first kappa shape index (κ1) is 21.9. The van der Waals surface area contributed by atoms with Gasteiger partial charge in [-0.15, -0.1) is 0 Å². The highest BCUT2D eigenvalue weighted by molar-refractivity contribution is 6.07. The molecule has 8 nitrogen and oxygen atoms in total. The summed E-state index contributed by atoms with van der Waals surface area (Å²) in [5.74, 6) is -2.45. The van der Waals surface area contributed by atoms with Crippen LogP contribution in [0.25, 0.3) is 0 Å². The van der Waals surface area contributed by atoms with Gasteiger partial charge >= 0.3 is 0 Å². The number of piperidine rings is 1. The largest absolute Gasteiger partial charge is 0.367 e. The van der Waals surface area contributed by atoms with Crippen LogP contribution in [0.4, 0.5) is 10.1 Å². The van der Waals surface area contributed by atoms with E-state index in [0.717, 1.165) is 24.1 Å². The molecule has 2 aliphatic rings. The van der Waals surface area contributed by atoms with E-state index in [1.165, 1.54) is 0 Å². The van der Waals surface area contributed by atoms with Crippen LogP contribution in [-0.4, -0.2) is 72.2 Å². The highest BCUT2D eigenvalue weighted by Crippen LogP contribution is 2.27. The van der Waals surface area contributed by atoms with Crippen LogP contribution < -0.4 is 10.2 Å². The van der Waals surface area contributed by atoms with Gasteiger partial charge in [-0.1, -0.05) is 0 Å². The monoisotopic (exact) mass is 418 g/mol. The number of hydrogen-bond acceptors (Lipinski definition) is 6. The second-order valence-corrected chi connectivity index (χ2v) is 8.02. The Hall–Kier alpha value is -2.81. The van der Waals surface area contributed by atoms with Crippen LogP contribution in [0.2, 0.25) is 0 Å². The summed E-state index contributed by atoms with van der Waals surface area (Å²) in [5.41, 5.74) is 0.960. The van der Waals surface area contributed by atoms with E-state index in [4.69, 9.17) is 0 Å². The molecule has 2 fully saturated rings. The number of amides is 4. The summed E-state index contributed by atoms with van der Waals surface area (Å²) in [6, 6.07) is 2.09. The van der Waals surface area contributed by atoms with E-state index in [2.05, 4.69) is 24.1 Å². The van der Waals surface area contributed by atoms with Gasteiger partial charge in [-0.3, -0.25) is 34.3 Å². The van der Waals surface area contributed by atoms with Crippen LogP contribution in [0.1, 0.15) is 42.6 Å². The van der Waals surface area contributed by atoms with Crippen molar-refractivity contribution in [3.8, 4) is 0 Å². The number of carbonyl (C=O) groups excluding carboxylic acids is 4. The van der Waals surface area contributed by atoms with E-state index in [0.29, 0.717) is 30.4 Å². The lowest BCUT2D eigenvalue weighted by Gasteiger charge is -2.38. The third kappa shape index (κ3) is 4.35. The molecule has 2 aliphatic heterocycles. The maximum atomic E-state index is 14.9. The summed E-state index contributed by atoms with van der Waals surface area (Å²) < 4.78 is 14.9. The number of rotatable bonds is 5. The first-order chi connectivity index (χ1) is 14.2. The van der Waals surface area contributed by atoms with E-state index in [1.54, 1.807) is 13.0 Å². The van der Waals surface area contributed by atoms with Crippen LogP contribution in [0, 0.1) is 12.7 Å². The van der Waals surface area contributed by atoms with Crippen molar-refractivity contribution in [2.24, 2.45) is 0 Å². The molecule has 2 saturated heterocycles. The number of carbonyl (C=O) groups is 4. The standard InChI is InChI=1S/C21H27FN4O4/c1-13(2)24-6-8-25(9-7-24)18-10-14(3)15(11-16(18)22)21(30)26(12-27)17-4-5-19(28)23-20(17)29/h10-13,17H,4-9H2,1-3H3,(H,23,28,29). The van der Waals surface area contributed by atoms with E-state index < -0.39 is 29.6 Å². The molecule has 30 heavy (non-hydrogen) atoms. The smallest absolute Gasteiger partial charge is 0.261 e. The molecule has 0 spiro atoms. The summed E-state index contributed by atoms with van der Waals surface area (Å²) in [4.78, 5) is 52.9. The van der Waals surface area contributed by atoms with E-state index in [-0.39, 0.29) is 24.8 Å². The minimum absolute atomic E-state index is 0.0221. The lowest BCUT2D eigenvalue weighted by Crippen LogP contribution is -2.54. The number of hydrogen-bond donors (Lipinski definition) is 1. The van der Waals surface area contributed by atoms with E-state index in [9.17, 15) is 23.6 Å². The minimum atomic E-state index is -1.08. The zero-order valence-electron chi connectivity index (χ0n) is 17.5. The molecule has 1 unspecified atom stereocenters. The molecule has 3 rings (SSSR count). The number of piperazine rings is 1. The molecule has 0 saturated carbocycles. The first-order valence-electron chi connectivity index (χ1n) is 10.1. The van der Waals surface area contributed by atoms with Crippen molar-refractivity contribution in [1.82, 2.24) is 15.1 Å². The Labute approximate surface area is 175 Å². The maximum absolute atomic E-state index is 14.9. The van der Waals surface area contributed by atoms with Crippen molar-refractivity contribution < 1.29 is 23.6 Å². The van der Waals surface area contributed by atoms with Gasteiger partial charge in [0.25, 0.3) is 5.91 Å². The summed E-state index contributed by atoms with van der Waals surface area (Å²) in [6.45, 7) is 8.94. The van der Waals surface area contributed by atoms with Crippen molar-refractivity contribution in [1.29, 1.82) is 0 Å². The highest BCUT2D eigenvalue weighted by atomic mass is 19.1. The number of nitrogens with one attached hydrogen (secondary N) is 1. The van der Waals surface area contributed by atoms with Gasteiger partial charge in [-0.2, -0.15) is 0 Å². The molecule has 1 aromatic rings. The number of halogens is 1. The lowest BCUT2D eigenvalue weighted by molar-refractivity contribution is -0.139. The number of imide groups is 2. The average molecular weight is 418 g/mol. The molecule has 4 amide bonds. The van der Waals surface area contributed by atoms with Crippen LogP contribution in [0.5, 0.6) is 0 Å². The molecule has 1 atom stereocenters. The van der Waals surface area contributed by atoms with Crippen molar-refractivity contribution >= 4 is 29.8 Å². The Balaban J connectivity index is 1.80. The Morgan fingerprint density at radius 3 is 2.47 bits per heavy atom. The molecule has 162 valence electrons. The zero-order valence-corrected chi connectivity index (χ0v) is 17.5. The highest BCUT2D eigenvalue weighted by Gasteiger charge is 2.35. The van der Waals surface area contributed by atoms with Crippen LogP contribution in [0.15, 0.2) is 12.1 Å². The third-order valence-corrected chi connectivity index (χ3v) is 5.80. The van der Waals surface area contributed by atoms with E-state index in [1.807, 2.05) is 4.90 Å². The molecular weight excluding hydrogens is 391 g/mol. The van der Waals surface area contributed by atoms with Gasteiger partial charge in [-0.05, 0) is 44.9 Å². The Morgan fingerprint density at radius 1 is 1.23 bits per heavy atom. The topological polar surface area (TPSA) is 90.0 Å². The van der Waals surface area contributed by atoms with Gasteiger partial charge in [-0.25, -0.2) is 4.39 Å². The molecule has 0 aliphatic carbocycles. The second kappa shape index (κ2) is 8.91. The first-order valence-corrected chi connectivity index (χ1v) is 10.1. The maximum Gasteiger partial charge on any atom is 0.261 e. The van der Waals surface area contributed by atoms with Crippen LogP contribution in [0.3, 0.4) is 0 Å². The predicted molar refractivity (Wildman–Crippen MR) is 108 cm³/mol. The fraction of sp³-hybridized carbons (Fsp3) is 0.524. The van der Waals surface area contributed by atoms with Gasteiger partial charge in [0, 0.05) is 44.2 Å². The zero-order chi connectivity index (χ0) is 22.0. The van der Waals surface area contributed by atoms with Gasteiger partial charge in [0.2, 0.25) is 18.2 Å². The molecule has 0 radical (unpaired) electrons. The predicted octanol–water partition coefficient (Wildman–Crippen LogP) is 1.07. The Morgan fingerprint density at radius 2 is 1.90 bits per heavy atom. The Bertz CT molecular complexity index is 865. The fourth-order valence-corrected chi connectivity index (χ4v) is 3.97. The average Bonchev–Trinajstić information content (AvgIpc) is 2.71. The fourth-order valence-electron chi connectivity index (χ4n) is 3.97. The molecule has 2 heterocycles. The quantitative estimate of drug-likeness (QED) is 0.568. The van der Waals surface area contributed by atoms with Crippen molar-refractivity contribution in [3.63, 3.8) is 0 Å². The van der Waals surface area contributed by atoms with Crippen LogP contribution in [-0.2, 0) is 14.4 Å².